The maximum atomic E-state index is 12.9. The van der Waals surface area contributed by atoms with Gasteiger partial charge in [-0.05, 0) is 37.8 Å². The fourth-order valence-corrected chi connectivity index (χ4v) is 5.91. The second-order valence-electron chi connectivity index (χ2n) is 8.37. The molecule has 3 aliphatic rings. The summed E-state index contributed by atoms with van der Waals surface area (Å²) < 4.78 is 32.2. The second kappa shape index (κ2) is 9.62. The summed E-state index contributed by atoms with van der Waals surface area (Å²) in [6.07, 6.45) is 7.79. The lowest BCUT2D eigenvalue weighted by Gasteiger charge is -2.34. The van der Waals surface area contributed by atoms with Crippen molar-refractivity contribution in [1.29, 1.82) is 0 Å². The Kier molecular flexibility index (Phi) is 6.90. The van der Waals surface area contributed by atoms with Crippen molar-refractivity contribution in [2.75, 3.05) is 57.4 Å². The smallest absolute Gasteiger partial charge is 0.244 e. The zero-order chi connectivity index (χ0) is 21.0. The highest BCUT2D eigenvalue weighted by molar-refractivity contribution is 7.89. The van der Waals surface area contributed by atoms with E-state index >= 15 is 0 Å². The highest BCUT2D eigenvalue weighted by atomic mass is 32.2. The molecule has 0 aromatic carbocycles. The van der Waals surface area contributed by atoms with Gasteiger partial charge in [0.1, 0.15) is 10.7 Å². The van der Waals surface area contributed by atoms with Gasteiger partial charge in [-0.25, -0.2) is 13.4 Å². The molecular weight excluding hydrogens is 404 g/mol. The first-order chi connectivity index (χ1) is 14.6. The molecular formula is C21H32N4O4S. The van der Waals surface area contributed by atoms with Gasteiger partial charge in [0.2, 0.25) is 15.9 Å². The van der Waals surface area contributed by atoms with Crippen LogP contribution in [0.2, 0.25) is 0 Å². The number of aromatic nitrogens is 1. The zero-order valence-corrected chi connectivity index (χ0v) is 18.4. The van der Waals surface area contributed by atoms with E-state index in [1.165, 1.54) is 23.3 Å². The average Bonchev–Trinajstić information content (AvgIpc) is 3.09. The van der Waals surface area contributed by atoms with Gasteiger partial charge in [-0.15, -0.1) is 0 Å². The van der Waals surface area contributed by atoms with Crippen LogP contribution in [0.5, 0.6) is 0 Å². The summed E-state index contributed by atoms with van der Waals surface area (Å²) in [7, 11) is -3.52. The number of sulfonamides is 1. The van der Waals surface area contributed by atoms with Crippen molar-refractivity contribution in [3.8, 4) is 0 Å². The van der Waals surface area contributed by atoms with E-state index in [0.717, 1.165) is 57.7 Å². The number of hydrogen-bond donors (Lipinski definition) is 0. The molecule has 3 aliphatic heterocycles. The van der Waals surface area contributed by atoms with Crippen LogP contribution in [0.15, 0.2) is 23.2 Å². The van der Waals surface area contributed by atoms with Crippen LogP contribution in [0.4, 0.5) is 5.82 Å². The van der Waals surface area contributed by atoms with Crippen LogP contribution < -0.4 is 4.90 Å². The molecule has 9 heteroatoms. The number of carbonyl (C=O) groups is 1. The van der Waals surface area contributed by atoms with Gasteiger partial charge in [0, 0.05) is 51.4 Å². The molecule has 8 nitrogen and oxygen atoms in total. The molecule has 0 atom stereocenters. The normalized spacial score (nSPS) is 22.7. The van der Waals surface area contributed by atoms with Crippen LogP contribution in [0.3, 0.4) is 0 Å². The van der Waals surface area contributed by atoms with Gasteiger partial charge < -0.3 is 14.5 Å². The van der Waals surface area contributed by atoms with Gasteiger partial charge in [-0.2, -0.15) is 4.31 Å². The summed E-state index contributed by atoms with van der Waals surface area (Å²) in [4.78, 5) is 21.7. The number of rotatable bonds is 4. The van der Waals surface area contributed by atoms with E-state index in [1.54, 1.807) is 12.1 Å². The van der Waals surface area contributed by atoms with E-state index in [0.29, 0.717) is 32.2 Å². The van der Waals surface area contributed by atoms with Crippen LogP contribution >= 0.6 is 0 Å². The molecule has 1 amide bonds. The molecule has 3 saturated heterocycles. The minimum absolute atomic E-state index is 0.0975. The average molecular weight is 437 g/mol. The molecule has 0 radical (unpaired) electrons. The lowest BCUT2D eigenvalue weighted by atomic mass is 9.95. The summed E-state index contributed by atoms with van der Waals surface area (Å²) in [6, 6.07) is 3.42. The summed E-state index contributed by atoms with van der Waals surface area (Å²) in [6.45, 7) is 4.95. The molecule has 0 spiro atoms. The third kappa shape index (κ3) is 4.78. The Bertz CT molecular complexity index is 808. The highest BCUT2D eigenvalue weighted by Gasteiger charge is 2.30. The number of anilines is 1. The number of nitrogens with zero attached hydrogens (tertiary/aromatic N) is 4. The van der Waals surface area contributed by atoms with Gasteiger partial charge in [-0.3, -0.25) is 4.79 Å². The number of ether oxygens (including phenoxy) is 1. The summed E-state index contributed by atoms with van der Waals surface area (Å²) in [5.74, 6) is 1.19. The number of morpholine rings is 1. The van der Waals surface area contributed by atoms with Crippen molar-refractivity contribution in [2.24, 2.45) is 5.92 Å². The van der Waals surface area contributed by atoms with Gasteiger partial charge >= 0.3 is 0 Å². The molecule has 4 rings (SSSR count). The van der Waals surface area contributed by atoms with Crippen molar-refractivity contribution in [3.05, 3.63) is 18.3 Å². The predicted molar refractivity (Wildman–Crippen MR) is 114 cm³/mol. The SMILES string of the molecule is O=C(C1CCN(c2ccc(S(=O)(=O)N3CCOCC3)cn2)CC1)N1CCCCCC1. The van der Waals surface area contributed by atoms with Gasteiger partial charge in [0.15, 0.2) is 0 Å². The summed E-state index contributed by atoms with van der Waals surface area (Å²) in [5.41, 5.74) is 0. The van der Waals surface area contributed by atoms with Crippen LogP contribution in [0.25, 0.3) is 0 Å². The van der Waals surface area contributed by atoms with E-state index in [9.17, 15) is 13.2 Å². The topological polar surface area (TPSA) is 83.0 Å². The lowest BCUT2D eigenvalue weighted by Crippen LogP contribution is -2.43. The summed E-state index contributed by atoms with van der Waals surface area (Å²) in [5, 5.41) is 0. The number of hydrogen-bond acceptors (Lipinski definition) is 6. The third-order valence-corrected chi connectivity index (χ3v) is 8.30. The molecule has 4 heterocycles. The van der Waals surface area contributed by atoms with E-state index in [1.807, 2.05) is 0 Å². The van der Waals surface area contributed by atoms with Gasteiger partial charge in [0.05, 0.1) is 13.2 Å². The second-order valence-corrected chi connectivity index (χ2v) is 10.3. The fraction of sp³-hybridized carbons (Fsp3) is 0.714. The number of piperidine rings is 1. The Morgan fingerprint density at radius 3 is 2.20 bits per heavy atom. The minimum Gasteiger partial charge on any atom is -0.379 e. The first kappa shape index (κ1) is 21.5. The van der Waals surface area contributed by atoms with Crippen LogP contribution in [-0.4, -0.2) is 81.0 Å². The zero-order valence-electron chi connectivity index (χ0n) is 17.5. The molecule has 0 bridgehead atoms. The van der Waals surface area contributed by atoms with Crippen LogP contribution in [0, 0.1) is 5.92 Å². The van der Waals surface area contributed by atoms with E-state index in [2.05, 4.69) is 14.8 Å². The monoisotopic (exact) mass is 436 g/mol. The quantitative estimate of drug-likeness (QED) is 0.715. The van der Waals surface area contributed by atoms with Crippen molar-refractivity contribution in [3.63, 3.8) is 0 Å². The van der Waals surface area contributed by atoms with Crippen molar-refractivity contribution >= 4 is 21.7 Å². The van der Waals surface area contributed by atoms with Gasteiger partial charge in [-0.1, -0.05) is 12.8 Å². The van der Waals surface area contributed by atoms with Crippen molar-refractivity contribution in [2.45, 2.75) is 43.4 Å². The Morgan fingerprint density at radius 2 is 1.60 bits per heavy atom. The van der Waals surface area contributed by atoms with E-state index in [4.69, 9.17) is 4.74 Å². The number of likely N-dealkylation sites (tertiary alicyclic amines) is 1. The van der Waals surface area contributed by atoms with E-state index < -0.39 is 10.0 Å². The number of amides is 1. The molecule has 0 aliphatic carbocycles. The molecule has 0 N–H and O–H groups in total. The fourth-order valence-electron chi connectivity index (χ4n) is 4.55. The lowest BCUT2D eigenvalue weighted by molar-refractivity contribution is -0.136. The Balaban J connectivity index is 1.34. The highest BCUT2D eigenvalue weighted by Crippen LogP contribution is 2.26. The van der Waals surface area contributed by atoms with Crippen LogP contribution in [0.1, 0.15) is 38.5 Å². The first-order valence-corrected chi connectivity index (χ1v) is 12.6. The maximum Gasteiger partial charge on any atom is 0.244 e. The first-order valence-electron chi connectivity index (χ1n) is 11.1. The molecule has 3 fully saturated rings. The third-order valence-electron chi connectivity index (χ3n) is 6.41. The van der Waals surface area contributed by atoms with Crippen molar-refractivity contribution < 1.29 is 17.9 Å². The summed E-state index contributed by atoms with van der Waals surface area (Å²) >= 11 is 0. The minimum atomic E-state index is -3.52. The largest absolute Gasteiger partial charge is 0.379 e. The molecule has 30 heavy (non-hydrogen) atoms. The van der Waals surface area contributed by atoms with Crippen molar-refractivity contribution in [1.82, 2.24) is 14.2 Å². The standard InChI is InChI=1S/C21H32N4O4S/c26-21(24-9-3-1-2-4-10-24)18-7-11-23(12-8-18)20-6-5-19(17-22-20)30(27,28)25-13-15-29-16-14-25/h5-6,17-18H,1-4,7-16H2. The number of carbonyl (C=O) groups excluding carboxylic acids is 1. The Morgan fingerprint density at radius 1 is 0.933 bits per heavy atom. The molecule has 0 saturated carbocycles. The Hall–Kier alpha value is -1.71. The Labute approximate surface area is 179 Å². The van der Waals surface area contributed by atoms with Gasteiger partial charge in [0.25, 0.3) is 0 Å². The molecule has 1 aromatic heterocycles. The predicted octanol–water partition coefficient (Wildman–Crippen LogP) is 1.72. The molecule has 1 aromatic rings. The van der Waals surface area contributed by atoms with Crippen LogP contribution in [-0.2, 0) is 19.6 Å². The maximum absolute atomic E-state index is 12.9. The molecule has 0 unspecified atom stereocenters. The number of pyridine rings is 1. The van der Waals surface area contributed by atoms with E-state index in [-0.39, 0.29) is 10.8 Å². The molecule has 166 valence electrons.